The quantitative estimate of drug-likeness (QED) is 0.855. The van der Waals surface area contributed by atoms with Crippen LogP contribution >= 0.6 is 11.3 Å². The number of nitrogens with zero attached hydrogens (tertiary/aromatic N) is 2. The first-order valence-corrected chi connectivity index (χ1v) is 5.84. The van der Waals surface area contributed by atoms with Crippen molar-refractivity contribution < 1.29 is 0 Å². The van der Waals surface area contributed by atoms with Gasteiger partial charge in [0.25, 0.3) is 0 Å². The van der Waals surface area contributed by atoms with Gasteiger partial charge in [0.15, 0.2) is 0 Å². The molecule has 0 aromatic carbocycles. The summed E-state index contributed by atoms with van der Waals surface area (Å²) in [4.78, 5) is 9.74. The Bertz CT molecular complexity index is 492. The van der Waals surface area contributed by atoms with E-state index in [2.05, 4.69) is 15.3 Å². The van der Waals surface area contributed by atoms with E-state index in [0.717, 1.165) is 16.4 Å². The van der Waals surface area contributed by atoms with E-state index in [1.165, 1.54) is 4.88 Å². The minimum atomic E-state index is 0.688. The molecule has 4 nitrogen and oxygen atoms in total. The van der Waals surface area contributed by atoms with E-state index in [9.17, 15) is 0 Å². The van der Waals surface area contributed by atoms with Crippen molar-refractivity contribution in [3.8, 4) is 0 Å². The number of aryl methyl sites for hydroxylation is 2. The van der Waals surface area contributed by atoms with E-state index >= 15 is 0 Å². The number of hydrogen-bond acceptors (Lipinski definition) is 5. The van der Waals surface area contributed by atoms with E-state index in [-0.39, 0.29) is 0 Å². The van der Waals surface area contributed by atoms with Gasteiger partial charge in [0.1, 0.15) is 10.8 Å². The van der Waals surface area contributed by atoms with Crippen molar-refractivity contribution in [3.63, 3.8) is 0 Å². The topological polar surface area (TPSA) is 63.8 Å². The van der Waals surface area contributed by atoms with Crippen LogP contribution in [-0.2, 0) is 6.54 Å². The van der Waals surface area contributed by atoms with Crippen LogP contribution in [0.5, 0.6) is 0 Å². The number of anilines is 2. The zero-order valence-electron chi connectivity index (χ0n) is 9.32. The SMILES string of the molecule is Cc1cnc(CNc2ncc(N)cc2C)s1. The zero-order valence-corrected chi connectivity index (χ0v) is 10.1. The summed E-state index contributed by atoms with van der Waals surface area (Å²) in [6, 6.07) is 1.91. The lowest BCUT2D eigenvalue weighted by Gasteiger charge is -2.07. The van der Waals surface area contributed by atoms with E-state index in [1.807, 2.05) is 26.1 Å². The molecule has 2 heterocycles. The van der Waals surface area contributed by atoms with Gasteiger partial charge in [-0.25, -0.2) is 9.97 Å². The summed E-state index contributed by atoms with van der Waals surface area (Å²) in [5, 5.41) is 4.32. The Morgan fingerprint density at radius 1 is 1.31 bits per heavy atom. The second-order valence-electron chi connectivity index (χ2n) is 3.65. The summed E-state index contributed by atoms with van der Waals surface area (Å²) in [6.07, 6.45) is 3.54. The third kappa shape index (κ3) is 2.49. The minimum Gasteiger partial charge on any atom is -0.397 e. The first-order valence-electron chi connectivity index (χ1n) is 5.02. The van der Waals surface area contributed by atoms with Crippen LogP contribution in [-0.4, -0.2) is 9.97 Å². The molecule has 0 amide bonds. The van der Waals surface area contributed by atoms with Crippen molar-refractivity contribution in [3.05, 3.63) is 33.9 Å². The molecule has 16 heavy (non-hydrogen) atoms. The van der Waals surface area contributed by atoms with E-state index in [4.69, 9.17) is 5.73 Å². The number of rotatable bonds is 3. The maximum atomic E-state index is 5.64. The summed E-state index contributed by atoms with van der Waals surface area (Å²) < 4.78 is 0. The van der Waals surface area contributed by atoms with Crippen molar-refractivity contribution in [2.24, 2.45) is 0 Å². The monoisotopic (exact) mass is 234 g/mol. The number of thiazole rings is 1. The smallest absolute Gasteiger partial charge is 0.129 e. The molecule has 0 radical (unpaired) electrons. The molecule has 0 aliphatic carbocycles. The predicted molar refractivity (Wildman–Crippen MR) is 67.6 cm³/mol. The molecule has 5 heteroatoms. The summed E-state index contributed by atoms with van der Waals surface area (Å²) in [7, 11) is 0. The van der Waals surface area contributed by atoms with E-state index in [0.29, 0.717) is 12.2 Å². The Hall–Kier alpha value is -1.62. The van der Waals surface area contributed by atoms with Gasteiger partial charge < -0.3 is 11.1 Å². The summed E-state index contributed by atoms with van der Waals surface area (Å²) in [5.74, 6) is 0.863. The Labute approximate surface area is 98.6 Å². The molecule has 0 bridgehead atoms. The molecule has 0 saturated carbocycles. The van der Waals surface area contributed by atoms with E-state index < -0.39 is 0 Å². The van der Waals surface area contributed by atoms with Gasteiger partial charge in [-0.1, -0.05) is 0 Å². The van der Waals surface area contributed by atoms with Crippen molar-refractivity contribution in [1.82, 2.24) is 9.97 Å². The molecule has 84 valence electrons. The van der Waals surface area contributed by atoms with Gasteiger partial charge in [0.05, 0.1) is 18.4 Å². The first kappa shape index (κ1) is 10.9. The van der Waals surface area contributed by atoms with Crippen LogP contribution in [0.2, 0.25) is 0 Å². The normalized spacial score (nSPS) is 10.4. The molecule has 3 N–H and O–H groups in total. The lowest BCUT2D eigenvalue weighted by Crippen LogP contribution is -2.03. The van der Waals surface area contributed by atoms with Crippen molar-refractivity contribution in [1.29, 1.82) is 0 Å². The molecule has 0 atom stereocenters. The van der Waals surface area contributed by atoms with Crippen LogP contribution in [0.15, 0.2) is 18.5 Å². The van der Waals surface area contributed by atoms with Crippen LogP contribution in [0, 0.1) is 13.8 Å². The van der Waals surface area contributed by atoms with Crippen LogP contribution < -0.4 is 11.1 Å². The Balaban J connectivity index is 2.04. The number of aromatic nitrogens is 2. The van der Waals surface area contributed by atoms with Gasteiger partial charge in [-0.3, -0.25) is 0 Å². The molecule has 0 spiro atoms. The van der Waals surface area contributed by atoms with Gasteiger partial charge in [-0.15, -0.1) is 11.3 Å². The molecule has 2 aromatic rings. The molecular weight excluding hydrogens is 220 g/mol. The third-order valence-electron chi connectivity index (χ3n) is 2.18. The lowest BCUT2D eigenvalue weighted by atomic mass is 10.2. The highest BCUT2D eigenvalue weighted by atomic mass is 32.1. The third-order valence-corrected chi connectivity index (χ3v) is 3.09. The fourth-order valence-electron chi connectivity index (χ4n) is 1.42. The van der Waals surface area contributed by atoms with Gasteiger partial charge >= 0.3 is 0 Å². The average Bonchev–Trinajstić information content (AvgIpc) is 2.63. The van der Waals surface area contributed by atoms with Crippen molar-refractivity contribution >= 4 is 22.8 Å². The summed E-state index contributed by atoms with van der Waals surface area (Å²) in [6.45, 7) is 4.74. The minimum absolute atomic E-state index is 0.688. The lowest BCUT2D eigenvalue weighted by molar-refractivity contribution is 1.07. The molecule has 2 aromatic heterocycles. The molecular formula is C11H14N4S. The van der Waals surface area contributed by atoms with Gasteiger partial charge in [0, 0.05) is 11.1 Å². The second-order valence-corrected chi connectivity index (χ2v) is 4.97. The van der Waals surface area contributed by atoms with Gasteiger partial charge in [0.2, 0.25) is 0 Å². The van der Waals surface area contributed by atoms with Crippen LogP contribution in [0.1, 0.15) is 15.4 Å². The number of hydrogen-bond donors (Lipinski definition) is 2. The highest BCUT2D eigenvalue weighted by Gasteiger charge is 2.02. The van der Waals surface area contributed by atoms with Crippen LogP contribution in [0.4, 0.5) is 11.5 Å². The average molecular weight is 234 g/mol. The standard InChI is InChI=1S/C11H14N4S/c1-7-3-9(12)5-14-11(7)15-6-10-13-4-8(2)16-10/h3-5H,6,12H2,1-2H3,(H,14,15). The molecule has 0 saturated heterocycles. The summed E-state index contributed by atoms with van der Waals surface area (Å²) >= 11 is 1.69. The molecule has 0 fully saturated rings. The number of pyridine rings is 1. The fourth-order valence-corrected chi connectivity index (χ4v) is 2.15. The van der Waals surface area contributed by atoms with Crippen LogP contribution in [0.3, 0.4) is 0 Å². The Morgan fingerprint density at radius 3 is 2.75 bits per heavy atom. The molecule has 2 rings (SSSR count). The molecule has 0 unspecified atom stereocenters. The summed E-state index contributed by atoms with van der Waals surface area (Å²) in [5.41, 5.74) is 7.37. The second kappa shape index (κ2) is 4.49. The van der Waals surface area contributed by atoms with Crippen molar-refractivity contribution in [2.45, 2.75) is 20.4 Å². The molecule has 0 aliphatic rings. The van der Waals surface area contributed by atoms with Gasteiger partial charge in [-0.05, 0) is 25.5 Å². The van der Waals surface area contributed by atoms with Gasteiger partial charge in [-0.2, -0.15) is 0 Å². The Morgan fingerprint density at radius 2 is 2.12 bits per heavy atom. The first-order chi connectivity index (χ1) is 7.65. The number of nitrogens with two attached hydrogens (primary N) is 1. The molecule has 0 aliphatic heterocycles. The zero-order chi connectivity index (χ0) is 11.5. The maximum Gasteiger partial charge on any atom is 0.129 e. The highest BCUT2D eigenvalue weighted by Crippen LogP contribution is 2.16. The maximum absolute atomic E-state index is 5.64. The number of nitrogen functional groups attached to an aromatic ring is 1. The fraction of sp³-hybridized carbons (Fsp3) is 0.273. The predicted octanol–water partition coefficient (Wildman–Crippen LogP) is 2.35. The number of nitrogens with one attached hydrogen (secondary N) is 1. The Kier molecular flexibility index (Phi) is 3.05. The largest absolute Gasteiger partial charge is 0.397 e. The van der Waals surface area contributed by atoms with Crippen molar-refractivity contribution in [2.75, 3.05) is 11.1 Å². The highest BCUT2D eigenvalue weighted by molar-refractivity contribution is 7.11. The van der Waals surface area contributed by atoms with Crippen LogP contribution in [0.25, 0.3) is 0 Å². The van der Waals surface area contributed by atoms with E-state index in [1.54, 1.807) is 17.5 Å².